The Kier molecular flexibility index (Phi) is 523. The standard InChI is InChI=1S/C7H14.4CHNO.9CH4/c1-7-5-3-2-4-6-7;4*2-1-3;;;;;;;;;/h7H,2-6H2,1H3;4*2H;9*1H4. The van der Waals surface area contributed by atoms with E-state index in [-0.39, 0.29) is 66.8 Å². The minimum absolute atomic E-state index is 0. The molecule has 0 aromatic rings. The molecule has 0 aromatic carbocycles. The summed E-state index contributed by atoms with van der Waals surface area (Å²) in [6.45, 7) is 2.36. The van der Waals surface area contributed by atoms with Crippen LogP contribution in [0.4, 0.5) is 0 Å². The summed E-state index contributed by atoms with van der Waals surface area (Å²) in [4.78, 5) is 33.4. The van der Waals surface area contributed by atoms with E-state index < -0.39 is 0 Å². The molecule has 0 radical (unpaired) electrons. The SMILES string of the molecule is C.C.C.C.C.C.C.C.C.CC1CCCCC1.N=C=O.N=C=O.N=C=O.N=C=O. The first kappa shape index (κ1) is 97.9. The van der Waals surface area contributed by atoms with Crippen molar-refractivity contribution < 1.29 is 19.2 Å². The van der Waals surface area contributed by atoms with Gasteiger partial charge in [-0.2, -0.15) is 0 Å². The zero-order chi connectivity index (χ0) is 15.9. The highest BCUT2D eigenvalue weighted by Gasteiger charge is 2.05. The highest BCUT2D eigenvalue weighted by molar-refractivity contribution is 5.26. The molecule has 1 fully saturated rings. The van der Waals surface area contributed by atoms with Gasteiger partial charge in [-0.25, -0.2) is 40.8 Å². The van der Waals surface area contributed by atoms with E-state index in [9.17, 15) is 0 Å². The van der Waals surface area contributed by atoms with Gasteiger partial charge in [0.1, 0.15) is 0 Å². The van der Waals surface area contributed by atoms with Crippen molar-refractivity contribution in [2.24, 2.45) is 5.92 Å². The van der Waals surface area contributed by atoms with Crippen molar-refractivity contribution in [3.63, 3.8) is 0 Å². The van der Waals surface area contributed by atoms with Crippen LogP contribution < -0.4 is 0 Å². The Balaban J connectivity index is -0.00000000891. The van der Waals surface area contributed by atoms with Crippen molar-refractivity contribution in [2.45, 2.75) is 106 Å². The fourth-order valence-electron chi connectivity index (χ4n) is 1.31. The third-order valence-electron chi connectivity index (χ3n) is 1.89. The molecule has 8 heteroatoms. The van der Waals surface area contributed by atoms with E-state index in [0.717, 1.165) is 30.2 Å². The number of nitrogens with one attached hydrogen (secondary N) is 4. The van der Waals surface area contributed by atoms with Gasteiger partial charge in [0.25, 0.3) is 0 Å². The van der Waals surface area contributed by atoms with Gasteiger partial charge in [0, 0.05) is 0 Å². The normalized spacial score (nSPS) is 7.46. The summed E-state index contributed by atoms with van der Waals surface area (Å²) in [5.41, 5.74) is 0. The third kappa shape index (κ3) is 391. The lowest BCUT2D eigenvalue weighted by Crippen LogP contribution is -1.99. The van der Waals surface area contributed by atoms with Gasteiger partial charge in [-0.15, -0.1) is 0 Å². The van der Waals surface area contributed by atoms with E-state index in [1.54, 1.807) is 0 Å². The van der Waals surface area contributed by atoms with Crippen LogP contribution in [0.3, 0.4) is 0 Å². The van der Waals surface area contributed by atoms with Gasteiger partial charge in [0.15, 0.2) is 0 Å². The van der Waals surface area contributed by atoms with Crippen molar-refractivity contribution >= 4 is 24.3 Å². The van der Waals surface area contributed by atoms with Crippen LogP contribution in [0.1, 0.15) is 106 Å². The lowest BCUT2D eigenvalue weighted by atomic mass is 9.91. The van der Waals surface area contributed by atoms with Gasteiger partial charge in [-0.1, -0.05) is 106 Å². The lowest BCUT2D eigenvalue weighted by Gasteiger charge is -2.15. The Morgan fingerprint density at radius 3 is 0.714 bits per heavy atom. The van der Waals surface area contributed by atoms with E-state index in [1.165, 1.54) is 32.1 Å². The van der Waals surface area contributed by atoms with E-state index in [0.29, 0.717) is 0 Å². The topological polar surface area (TPSA) is 164 Å². The van der Waals surface area contributed by atoms with Crippen molar-refractivity contribution in [2.75, 3.05) is 0 Å². The number of hydrogen-bond acceptors (Lipinski definition) is 8. The molecule has 0 amide bonds. The molecule has 1 saturated carbocycles. The quantitative estimate of drug-likeness (QED) is 0.234. The molecule has 1 rings (SSSR count). The Labute approximate surface area is 177 Å². The van der Waals surface area contributed by atoms with Gasteiger partial charge in [-0.05, 0) is 5.92 Å². The molecule has 8 nitrogen and oxygen atoms in total. The average molecular weight is 415 g/mol. The molecule has 0 atom stereocenters. The molecule has 1 aliphatic carbocycles. The second-order valence-electron chi connectivity index (χ2n) is 3.15. The Morgan fingerprint density at radius 2 is 0.643 bits per heavy atom. The van der Waals surface area contributed by atoms with Gasteiger partial charge >= 0.3 is 0 Å². The van der Waals surface area contributed by atoms with E-state index in [1.807, 2.05) is 0 Å². The Hall–Kier alpha value is -2.48. The first-order chi connectivity index (χ1) is 9.05. The van der Waals surface area contributed by atoms with Crippen LogP contribution in [0.15, 0.2) is 0 Å². The van der Waals surface area contributed by atoms with Crippen molar-refractivity contribution in [1.82, 2.24) is 0 Å². The summed E-state index contributed by atoms with van der Waals surface area (Å²) in [6, 6.07) is 0. The van der Waals surface area contributed by atoms with Gasteiger partial charge in [0.05, 0.1) is 0 Å². The number of carbonyl (C=O) groups excluding carboxylic acids is 4. The molecule has 178 valence electrons. The molecular formula is C20H54N4O4. The molecule has 0 spiro atoms. The second-order valence-corrected chi connectivity index (χ2v) is 3.15. The molecule has 0 aliphatic heterocycles. The number of isocyanates is 4. The molecular weight excluding hydrogens is 360 g/mol. The van der Waals surface area contributed by atoms with Crippen LogP contribution in [0.25, 0.3) is 0 Å². The fraction of sp³-hybridized carbons (Fsp3) is 0.800. The third-order valence-corrected chi connectivity index (χ3v) is 1.89. The summed E-state index contributed by atoms with van der Waals surface area (Å²) < 4.78 is 0. The minimum atomic E-state index is 0. The predicted molar refractivity (Wildman–Crippen MR) is 126 cm³/mol. The largest absolute Gasteiger partial charge is 0.231 e. The number of rotatable bonds is 0. The summed E-state index contributed by atoms with van der Waals surface area (Å²) in [5, 5.41) is 21.6. The van der Waals surface area contributed by atoms with E-state index >= 15 is 0 Å². The summed E-state index contributed by atoms with van der Waals surface area (Å²) in [5.74, 6) is 1.04. The van der Waals surface area contributed by atoms with Gasteiger partial charge in [0.2, 0.25) is 24.3 Å². The molecule has 0 aromatic heterocycles. The summed E-state index contributed by atoms with van der Waals surface area (Å²) >= 11 is 0. The van der Waals surface area contributed by atoms with Crippen molar-refractivity contribution in [3.05, 3.63) is 0 Å². The van der Waals surface area contributed by atoms with Crippen molar-refractivity contribution in [1.29, 1.82) is 21.6 Å². The Bertz CT molecular complexity index is 258. The lowest BCUT2D eigenvalue weighted by molar-refractivity contribution is 0.385. The first-order valence-corrected chi connectivity index (χ1v) is 5.21. The molecule has 0 bridgehead atoms. The molecule has 28 heavy (non-hydrogen) atoms. The van der Waals surface area contributed by atoms with E-state index in [2.05, 4.69) is 6.92 Å². The average Bonchev–Trinajstić information content (AvgIpc) is 2.34. The molecule has 0 unspecified atom stereocenters. The van der Waals surface area contributed by atoms with Crippen molar-refractivity contribution in [3.8, 4) is 0 Å². The zero-order valence-corrected chi connectivity index (χ0v) is 10.7. The predicted octanol–water partition coefficient (Wildman–Crippen LogP) is 7.92. The van der Waals surface area contributed by atoms with E-state index in [4.69, 9.17) is 40.8 Å². The minimum Gasteiger partial charge on any atom is -0.222 e. The van der Waals surface area contributed by atoms with Crippen LogP contribution in [0, 0.1) is 27.6 Å². The van der Waals surface area contributed by atoms with Crippen LogP contribution in [-0.2, 0) is 19.2 Å². The smallest absolute Gasteiger partial charge is 0.222 e. The highest BCUT2D eigenvalue weighted by Crippen LogP contribution is 2.22. The first-order valence-electron chi connectivity index (χ1n) is 5.21. The fourth-order valence-corrected chi connectivity index (χ4v) is 1.31. The zero-order valence-electron chi connectivity index (χ0n) is 10.7. The highest BCUT2D eigenvalue weighted by atomic mass is 16.1. The maximum Gasteiger partial charge on any atom is 0.231 e. The summed E-state index contributed by atoms with van der Waals surface area (Å²) in [6.07, 6.45) is 10.4. The monoisotopic (exact) mass is 414 g/mol. The molecule has 0 heterocycles. The van der Waals surface area contributed by atoms with Crippen LogP contribution >= 0.6 is 0 Å². The molecule has 4 N–H and O–H groups in total. The molecule has 0 saturated heterocycles. The van der Waals surface area contributed by atoms with Crippen LogP contribution in [0.2, 0.25) is 0 Å². The summed E-state index contributed by atoms with van der Waals surface area (Å²) in [7, 11) is 0. The molecule has 1 aliphatic rings. The Morgan fingerprint density at radius 1 is 0.500 bits per heavy atom. The maximum atomic E-state index is 8.35. The second kappa shape index (κ2) is 150. The number of hydrogen-bond donors (Lipinski definition) is 4. The maximum absolute atomic E-state index is 8.35. The van der Waals surface area contributed by atoms with Crippen LogP contribution in [0.5, 0.6) is 0 Å². The van der Waals surface area contributed by atoms with Crippen LogP contribution in [-0.4, -0.2) is 24.3 Å². The van der Waals surface area contributed by atoms with Gasteiger partial charge in [-0.3, -0.25) is 0 Å². The van der Waals surface area contributed by atoms with Gasteiger partial charge < -0.3 is 0 Å².